The molecule has 1 aliphatic rings. The molecule has 1 aromatic carbocycles. The number of ether oxygens (including phenoxy) is 1. The van der Waals surface area contributed by atoms with Crippen LogP contribution in [-0.4, -0.2) is 30.5 Å². The van der Waals surface area contributed by atoms with E-state index in [1.54, 1.807) is 12.0 Å². The Morgan fingerprint density at radius 2 is 2.06 bits per heavy atom. The largest absolute Gasteiger partial charge is 0.357 e. The van der Waals surface area contributed by atoms with E-state index in [-0.39, 0.29) is 12.1 Å². The second-order valence-corrected chi connectivity index (χ2v) is 4.63. The lowest BCUT2D eigenvalue weighted by molar-refractivity contribution is -0.145. The van der Waals surface area contributed by atoms with Crippen molar-refractivity contribution >= 4 is 5.91 Å². The number of nitrogens with zero attached hydrogens (tertiary/aromatic N) is 1. The van der Waals surface area contributed by atoms with Crippen molar-refractivity contribution < 1.29 is 9.53 Å². The van der Waals surface area contributed by atoms with Crippen LogP contribution < -0.4 is 5.73 Å². The molecule has 1 aliphatic heterocycles. The van der Waals surface area contributed by atoms with Crippen molar-refractivity contribution in [1.29, 1.82) is 0 Å². The van der Waals surface area contributed by atoms with Crippen LogP contribution in [0.3, 0.4) is 0 Å². The Bertz CT molecular complexity index is 394. The van der Waals surface area contributed by atoms with E-state index in [2.05, 4.69) is 0 Å². The number of nitrogens with two attached hydrogens (primary N) is 1. The average molecular weight is 248 g/mol. The highest BCUT2D eigenvalue weighted by atomic mass is 16.5. The highest BCUT2D eigenvalue weighted by Crippen LogP contribution is 2.25. The summed E-state index contributed by atoms with van der Waals surface area (Å²) in [7, 11) is 1.63. The van der Waals surface area contributed by atoms with Gasteiger partial charge in [0.05, 0.1) is 6.04 Å². The van der Waals surface area contributed by atoms with Crippen LogP contribution in [0.15, 0.2) is 30.3 Å². The van der Waals surface area contributed by atoms with E-state index in [0.29, 0.717) is 6.54 Å². The van der Waals surface area contributed by atoms with Crippen molar-refractivity contribution in [1.82, 2.24) is 4.90 Å². The highest BCUT2D eigenvalue weighted by Gasteiger charge is 2.30. The summed E-state index contributed by atoms with van der Waals surface area (Å²) >= 11 is 0. The van der Waals surface area contributed by atoms with Gasteiger partial charge in [0, 0.05) is 19.2 Å². The molecule has 0 bridgehead atoms. The van der Waals surface area contributed by atoms with Crippen LogP contribution in [0.1, 0.15) is 31.1 Å². The van der Waals surface area contributed by atoms with E-state index in [1.807, 2.05) is 30.3 Å². The summed E-state index contributed by atoms with van der Waals surface area (Å²) in [6, 6.07) is 9.39. The second kappa shape index (κ2) is 5.98. The minimum Gasteiger partial charge on any atom is -0.357 e. The predicted molar refractivity (Wildman–Crippen MR) is 69.7 cm³/mol. The smallest absolute Gasteiger partial charge is 0.241 e. The Hall–Kier alpha value is -1.39. The highest BCUT2D eigenvalue weighted by molar-refractivity contribution is 5.82. The minimum atomic E-state index is -0.395. The van der Waals surface area contributed by atoms with E-state index < -0.39 is 6.04 Å². The molecule has 1 aromatic rings. The topological polar surface area (TPSA) is 55.6 Å². The SMILES string of the molecule is CO[C@@H](c1ccccc1)N1CCCCC(N)C1=O. The maximum atomic E-state index is 12.2. The van der Waals surface area contributed by atoms with E-state index in [9.17, 15) is 4.79 Å². The monoisotopic (exact) mass is 248 g/mol. The summed E-state index contributed by atoms with van der Waals surface area (Å²) in [6.45, 7) is 0.708. The van der Waals surface area contributed by atoms with Gasteiger partial charge in [0.25, 0.3) is 0 Å². The first-order chi connectivity index (χ1) is 8.74. The first-order valence-electron chi connectivity index (χ1n) is 6.38. The Morgan fingerprint density at radius 3 is 2.72 bits per heavy atom. The zero-order valence-corrected chi connectivity index (χ0v) is 10.7. The summed E-state index contributed by atoms with van der Waals surface area (Å²) < 4.78 is 5.50. The van der Waals surface area contributed by atoms with Crippen LogP contribution in [0.25, 0.3) is 0 Å². The van der Waals surface area contributed by atoms with Gasteiger partial charge in [0.1, 0.15) is 0 Å². The zero-order valence-electron chi connectivity index (χ0n) is 10.7. The summed E-state index contributed by atoms with van der Waals surface area (Å²) in [6.07, 6.45) is 2.41. The number of amides is 1. The summed E-state index contributed by atoms with van der Waals surface area (Å²) in [5.41, 5.74) is 6.88. The number of likely N-dealkylation sites (tertiary alicyclic amines) is 1. The number of rotatable bonds is 3. The zero-order chi connectivity index (χ0) is 13.0. The maximum absolute atomic E-state index is 12.2. The van der Waals surface area contributed by atoms with Gasteiger partial charge in [-0.05, 0) is 19.3 Å². The molecule has 1 fully saturated rings. The number of hydrogen-bond acceptors (Lipinski definition) is 3. The van der Waals surface area contributed by atoms with Crippen LogP contribution in [0.5, 0.6) is 0 Å². The van der Waals surface area contributed by atoms with Crippen LogP contribution in [0.4, 0.5) is 0 Å². The van der Waals surface area contributed by atoms with Crippen molar-refractivity contribution in [3.8, 4) is 0 Å². The Balaban J connectivity index is 2.23. The molecule has 0 spiro atoms. The quantitative estimate of drug-likeness (QED) is 0.885. The fourth-order valence-corrected chi connectivity index (χ4v) is 2.39. The molecule has 1 saturated heterocycles. The van der Waals surface area contributed by atoms with Crippen LogP contribution in [0, 0.1) is 0 Å². The molecule has 0 saturated carbocycles. The lowest BCUT2D eigenvalue weighted by Gasteiger charge is -2.31. The molecule has 0 radical (unpaired) electrons. The first-order valence-corrected chi connectivity index (χ1v) is 6.38. The van der Waals surface area contributed by atoms with Gasteiger partial charge in [0.2, 0.25) is 5.91 Å². The Kier molecular flexibility index (Phi) is 4.33. The lowest BCUT2D eigenvalue weighted by atomic mass is 10.1. The van der Waals surface area contributed by atoms with E-state index in [0.717, 1.165) is 24.8 Å². The Morgan fingerprint density at radius 1 is 1.33 bits per heavy atom. The maximum Gasteiger partial charge on any atom is 0.241 e. The number of carbonyl (C=O) groups is 1. The van der Waals surface area contributed by atoms with E-state index >= 15 is 0 Å². The fraction of sp³-hybridized carbons (Fsp3) is 0.500. The molecular formula is C14H20N2O2. The molecule has 2 rings (SSSR count). The van der Waals surface area contributed by atoms with Gasteiger partial charge in [-0.2, -0.15) is 0 Å². The van der Waals surface area contributed by atoms with Crippen molar-refractivity contribution in [3.63, 3.8) is 0 Å². The number of benzene rings is 1. The van der Waals surface area contributed by atoms with Crippen LogP contribution in [-0.2, 0) is 9.53 Å². The summed E-state index contributed by atoms with van der Waals surface area (Å²) in [5, 5.41) is 0. The number of methoxy groups -OCH3 is 1. The van der Waals surface area contributed by atoms with Gasteiger partial charge in [-0.3, -0.25) is 4.79 Å². The first kappa shape index (κ1) is 13.1. The van der Waals surface area contributed by atoms with E-state index in [4.69, 9.17) is 10.5 Å². The molecule has 1 heterocycles. The van der Waals surface area contributed by atoms with Gasteiger partial charge >= 0.3 is 0 Å². The third kappa shape index (κ3) is 2.71. The molecule has 4 nitrogen and oxygen atoms in total. The van der Waals surface area contributed by atoms with Crippen molar-refractivity contribution in [2.75, 3.05) is 13.7 Å². The normalized spacial score (nSPS) is 22.7. The number of hydrogen-bond donors (Lipinski definition) is 1. The molecule has 1 amide bonds. The lowest BCUT2D eigenvalue weighted by Crippen LogP contribution is -2.44. The summed E-state index contributed by atoms with van der Waals surface area (Å²) in [5.74, 6) is -0.0109. The standard InChI is InChI=1S/C14H20N2O2/c1-18-14(11-7-3-2-4-8-11)16-10-6-5-9-12(15)13(16)17/h2-4,7-8,12,14H,5-6,9-10,15H2,1H3/t12?,14-/m0/s1. The predicted octanol–water partition coefficient (Wildman–Crippen LogP) is 1.67. The number of carbonyl (C=O) groups excluding carboxylic acids is 1. The molecule has 18 heavy (non-hydrogen) atoms. The van der Waals surface area contributed by atoms with Crippen molar-refractivity contribution in [3.05, 3.63) is 35.9 Å². The minimum absolute atomic E-state index is 0.0109. The Labute approximate surface area is 108 Å². The van der Waals surface area contributed by atoms with Gasteiger partial charge in [0.15, 0.2) is 6.23 Å². The fourth-order valence-electron chi connectivity index (χ4n) is 2.39. The molecule has 2 N–H and O–H groups in total. The van der Waals surface area contributed by atoms with Gasteiger partial charge in [-0.25, -0.2) is 0 Å². The third-order valence-corrected chi connectivity index (χ3v) is 3.36. The average Bonchev–Trinajstić information content (AvgIpc) is 2.56. The molecule has 2 atom stereocenters. The summed E-state index contributed by atoms with van der Waals surface area (Å²) in [4.78, 5) is 14.0. The van der Waals surface area contributed by atoms with Crippen molar-refractivity contribution in [2.24, 2.45) is 5.73 Å². The molecule has 0 aromatic heterocycles. The molecule has 98 valence electrons. The van der Waals surface area contributed by atoms with Gasteiger partial charge < -0.3 is 15.4 Å². The second-order valence-electron chi connectivity index (χ2n) is 4.63. The van der Waals surface area contributed by atoms with Gasteiger partial charge in [-0.1, -0.05) is 30.3 Å². The van der Waals surface area contributed by atoms with Gasteiger partial charge in [-0.15, -0.1) is 0 Å². The van der Waals surface area contributed by atoms with Crippen LogP contribution >= 0.6 is 0 Å². The molecular weight excluding hydrogens is 228 g/mol. The molecule has 1 unspecified atom stereocenters. The molecule has 4 heteroatoms. The van der Waals surface area contributed by atoms with Crippen LogP contribution in [0.2, 0.25) is 0 Å². The van der Waals surface area contributed by atoms with Crippen molar-refractivity contribution in [2.45, 2.75) is 31.5 Å². The van der Waals surface area contributed by atoms with E-state index in [1.165, 1.54) is 0 Å². The third-order valence-electron chi connectivity index (χ3n) is 3.36. The molecule has 0 aliphatic carbocycles.